The predicted molar refractivity (Wildman–Crippen MR) is 64.2 cm³/mol. The average Bonchev–Trinajstić information content (AvgIpc) is 2.22. The van der Waals surface area contributed by atoms with E-state index in [1.807, 2.05) is 13.2 Å². The number of aryl methyl sites for hydroxylation is 1. The molecule has 0 spiro atoms. The van der Waals surface area contributed by atoms with E-state index in [1.165, 1.54) is 11.1 Å². The largest absolute Gasteiger partial charge is 0.396 e. The van der Waals surface area contributed by atoms with Crippen LogP contribution in [0.5, 0.6) is 0 Å². The minimum Gasteiger partial charge on any atom is -0.396 e. The Hall–Kier alpha value is -0.580. The summed E-state index contributed by atoms with van der Waals surface area (Å²) in [4.78, 5) is 4.41. The van der Waals surface area contributed by atoms with Gasteiger partial charge >= 0.3 is 0 Å². The second kappa shape index (κ2) is 6.82. The number of aliphatic hydroxyl groups excluding tert-OH is 1. The molecule has 0 unspecified atom stereocenters. The van der Waals surface area contributed by atoms with E-state index >= 15 is 0 Å². The van der Waals surface area contributed by atoms with E-state index in [2.05, 4.69) is 23.3 Å². The number of hydrogen-bond acceptors (Lipinski definition) is 4. The van der Waals surface area contributed by atoms with Gasteiger partial charge in [0, 0.05) is 25.1 Å². The molecule has 0 radical (unpaired) electrons. The average molecular weight is 226 g/mol. The summed E-state index contributed by atoms with van der Waals surface area (Å²) in [6, 6.07) is 2.16. The van der Waals surface area contributed by atoms with Crippen molar-refractivity contribution in [1.29, 1.82) is 0 Å². The molecule has 0 saturated heterocycles. The highest BCUT2D eigenvalue weighted by atomic mass is 32.2. The van der Waals surface area contributed by atoms with Gasteiger partial charge in [0.1, 0.15) is 0 Å². The van der Waals surface area contributed by atoms with Gasteiger partial charge in [-0.3, -0.25) is 0 Å². The number of nitrogens with zero attached hydrogens (tertiary/aromatic N) is 1. The number of aromatic nitrogens is 1. The lowest BCUT2D eigenvalue weighted by Gasteiger charge is -2.06. The van der Waals surface area contributed by atoms with E-state index in [9.17, 15) is 0 Å². The molecule has 84 valence electrons. The van der Waals surface area contributed by atoms with E-state index in [-0.39, 0.29) is 6.61 Å². The highest BCUT2D eigenvalue weighted by molar-refractivity contribution is 7.99. The zero-order valence-corrected chi connectivity index (χ0v) is 10.1. The summed E-state index contributed by atoms with van der Waals surface area (Å²) in [5.41, 5.74) is 2.42. The van der Waals surface area contributed by atoms with Gasteiger partial charge in [-0.1, -0.05) is 6.07 Å². The van der Waals surface area contributed by atoms with Gasteiger partial charge in [0.25, 0.3) is 0 Å². The zero-order chi connectivity index (χ0) is 11.1. The summed E-state index contributed by atoms with van der Waals surface area (Å²) in [6.07, 6.45) is 2.73. The Kier molecular flexibility index (Phi) is 5.68. The fraction of sp³-hybridized carbons (Fsp3) is 0.545. The first-order valence-corrected chi connectivity index (χ1v) is 6.10. The van der Waals surface area contributed by atoms with Gasteiger partial charge in [0.2, 0.25) is 0 Å². The van der Waals surface area contributed by atoms with Gasteiger partial charge in [-0.05, 0) is 31.5 Å². The third-order valence-electron chi connectivity index (χ3n) is 2.01. The fourth-order valence-electron chi connectivity index (χ4n) is 1.31. The molecule has 0 aliphatic rings. The van der Waals surface area contributed by atoms with Gasteiger partial charge in [0.05, 0.1) is 5.03 Å². The van der Waals surface area contributed by atoms with Crippen molar-refractivity contribution in [3.05, 3.63) is 23.4 Å². The van der Waals surface area contributed by atoms with Crippen LogP contribution >= 0.6 is 11.8 Å². The van der Waals surface area contributed by atoms with E-state index in [0.29, 0.717) is 0 Å². The molecule has 1 heterocycles. The minimum absolute atomic E-state index is 0.254. The molecule has 1 aromatic heterocycles. The van der Waals surface area contributed by atoms with Crippen molar-refractivity contribution in [3.8, 4) is 0 Å². The Bertz CT molecular complexity index is 305. The molecule has 0 atom stereocenters. The van der Waals surface area contributed by atoms with Crippen molar-refractivity contribution in [2.45, 2.75) is 24.9 Å². The topological polar surface area (TPSA) is 45.2 Å². The molecule has 0 bridgehead atoms. The Labute approximate surface area is 95.3 Å². The Morgan fingerprint density at radius 3 is 2.93 bits per heavy atom. The maximum Gasteiger partial charge on any atom is 0.0989 e. The number of thioether (sulfide) groups is 1. The summed E-state index contributed by atoms with van der Waals surface area (Å²) in [5, 5.41) is 12.9. The predicted octanol–water partition coefficient (Wildman–Crippen LogP) is 1.58. The molecule has 0 aliphatic carbocycles. The number of rotatable bonds is 6. The first kappa shape index (κ1) is 12.5. The molecule has 1 aromatic rings. The van der Waals surface area contributed by atoms with E-state index < -0.39 is 0 Å². The quantitative estimate of drug-likeness (QED) is 0.571. The molecule has 0 aromatic carbocycles. The molecule has 2 N–H and O–H groups in total. The standard InChI is InChI=1S/C11H18N2OS/c1-9-6-10(7-12-2)8-13-11(9)15-5-3-4-14/h6,8,12,14H,3-5,7H2,1-2H3. The Morgan fingerprint density at radius 1 is 1.53 bits per heavy atom. The lowest BCUT2D eigenvalue weighted by molar-refractivity contribution is 0.296. The lowest BCUT2D eigenvalue weighted by atomic mass is 10.2. The van der Waals surface area contributed by atoms with Crippen LogP contribution in [0.1, 0.15) is 17.5 Å². The summed E-state index contributed by atoms with van der Waals surface area (Å²) in [7, 11) is 1.93. The van der Waals surface area contributed by atoms with Crippen LogP contribution in [0, 0.1) is 6.92 Å². The minimum atomic E-state index is 0.254. The van der Waals surface area contributed by atoms with Crippen molar-refractivity contribution in [2.75, 3.05) is 19.4 Å². The number of pyridine rings is 1. The van der Waals surface area contributed by atoms with Crippen LogP contribution < -0.4 is 5.32 Å². The van der Waals surface area contributed by atoms with E-state index in [4.69, 9.17) is 5.11 Å². The number of nitrogens with one attached hydrogen (secondary N) is 1. The second-order valence-corrected chi connectivity index (χ2v) is 4.51. The van der Waals surface area contributed by atoms with Crippen molar-refractivity contribution < 1.29 is 5.11 Å². The van der Waals surface area contributed by atoms with Crippen LogP contribution in [0.25, 0.3) is 0 Å². The van der Waals surface area contributed by atoms with Crippen LogP contribution in [-0.2, 0) is 6.54 Å². The first-order chi connectivity index (χ1) is 7.27. The van der Waals surface area contributed by atoms with Crippen LogP contribution in [0.4, 0.5) is 0 Å². The van der Waals surface area contributed by atoms with Crippen LogP contribution in [0.3, 0.4) is 0 Å². The third-order valence-corrected chi connectivity index (χ3v) is 3.20. The molecular weight excluding hydrogens is 208 g/mol. The smallest absolute Gasteiger partial charge is 0.0989 e. The summed E-state index contributed by atoms with van der Waals surface area (Å²) >= 11 is 1.71. The maximum atomic E-state index is 8.69. The van der Waals surface area contributed by atoms with Crippen molar-refractivity contribution >= 4 is 11.8 Å². The molecule has 4 heteroatoms. The van der Waals surface area contributed by atoms with Crippen molar-refractivity contribution in [3.63, 3.8) is 0 Å². The summed E-state index contributed by atoms with van der Waals surface area (Å²) < 4.78 is 0. The van der Waals surface area contributed by atoms with Gasteiger partial charge in [-0.25, -0.2) is 4.98 Å². The fourth-order valence-corrected chi connectivity index (χ4v) is 2.19. The molecular formula is C11H18N2OS. The molecule has 0 amide bonds. The maximum absolute atomic E-state index is 8.69. The molecule has 0 aliphatic heterocycles. The van der Waals surface area contributed by atoms with Gasteiger partial charge in [0.15, 0.2) is 0 Å². The third kappa shape index (κ3) is 4.20. The SMILES string of the molecule is CNCc1cnc(SCCCO)c(C)c1. The number of hydrogen-bond donors (Lipinski definition) is 2. The normalized spacial score (nSPS) is 10.6. The Balaban J connectivity index is 2.58. The van der Waals surface area contributed by atoms with Crippen LogP contribution in [0.2, 0.25) is 0 Å². The zero-order valence-electron chi connectivity index (χ0n) is 9.29. The monoisotopic (exact) mass is 226 g/mol. The highest BCUT2D eigenvalue weighted by Crippen LogP contribution is 2.20. The molecule has 3 nitrogen and oxygen atoms in total. The van der Waals surface area contributed by atoms with E-state index in [1.54, 1.807) is 11.8 Å². The summed E-state index contributed by atoms with van der Waals surface area (Å²) in [5.74, 6) is 0.926. The van der Waals surface area contributed by atoms with Crippen LogP contribution in [0.15, 0.2) is 17.3 Å². The van der Waals surface area contributed by atoms with Crippen LogP contribution in [-0.4, -0.2) is 29.5 Å². The van der Waals surface area contributed by atoms with Crippen molar-refractivity contribution in [1.82, 2.24) is 10.3 Å². The second-order valence-electron chi connectivity index (χ2n) is 3.42. The first-order valence-electron chi connectivity index (χ1n) is 5.11. The Morgan fingerprint density at radius 2 is 2.33 bits per heavy atom. The van der Waals surface area contributed by atoms with Crippen molar-refractivity contribution in [2.24, 2.45) is 0 Å². The van der Waals surface area contributed by atoms with E-state index in [0.717, 1.165) is 23.7 Å². The lowest BCUT2D eigenvalue weighted by Crippen LogP contribution is -2.06. The van der Waals surface area contributed by atoms with Gasteiger partial charge in [-0.15, -0.1) is 11.8 Å². The summed E-state index contributed by atoms with van der Waals surface area (Å²) in [6.45, 7) is 3.19. The van der Waals surface area contributed by atoms with Gasteiger partial charge < -0.3 is 10.4 Å². The molecule has 0 saturated carbocycles. The van der Waals surface area contributed by atoms with Gasteiger partial charge in [-0.2, -0.15) is 0 Å². The molecule has 1 rings (SSSR count). The highest BCUT2D eigenvalue weighted by Gasteiger charge is 2.01. The molecule has 15 heavy (non-hydrogen) atoms. The number of aliphatic hydroxyl groups is 1. The molecule has 0 fully saturated rings.